The van der Waals surface area contributed by atoms with Crippen LogP contribution in [0.5, 0.6) is 0 Å². The third kappa shape index (κ3) is 5.37. The molecule has 1 aromatic heterocycles. The van der Waals surface area contributed by atoms with Gasteiger partial charge in [0, 0.05) is 24.7 Å². The van der Waals surface area contributed by atoms with E-state index in [0.29, 0.717) is 5.69 Å². The molecule has 2 nitrogen and oxygen atoms in total. The lowest BCUT2D eigenvalue weighted by Crippen LogP contribution is -2.16. The Morgan fingerprint density at radius 3 is 2.60 bits per heavy atom. The lowest BCUT2D eigenvalue weighted by molar-refractivity contribution is -0.139. The van der Waals surface area contributed by atoms with Crippen molar-refractivity contribution in [3.63, 3.8) is 0 Å². The van der Waals surface area contributed by atoms with E-state index in [4.69, 9.17) is 0 Å². The van der Waals surface area contributed by atoms with Crippen LogP contribution in [0.4, 0.5) is 13.2 Å². The van der Waals surface area contributed by atoms with Crippen molar-refractivity contribution in [2.75, 3.05) is 0 Å². The third-order valence-corrected chi connectivity index (χ3v) is 1.93. The summed E-state index contributed by atoms with van der Waals surface area (Å²) in [5.41, 5.74) is 0.604. The van der Waals surface area contributed by atoms with Crippen LogP contribution in [0.15, 0.2) is 24.4 Å². The average molecular weight is 219 g/mol. The summed E-state index contributed by atoms with van der Waals surface area (Å²) >= 11 is 0. The molecule has 0 bridgehead atoms. The Balaban J connectivity index is 2.34. The Kier molecular flexibility index (Phi) is 4.08. The zero-order valence-electron chi connectivity index (χ0n) is 8.04. The minimum absolute atomic E-state index is 0.164. The Morgan fingerprint density at radius 1 is 1.33 bits per heavy atom. The summed E-state index contributed by atoms with van der Waals surface area (Å²) in [4.78, 5) is 3.92. The number of hydrogen-bond donors (Lipinski definition) is 1. The first kappa shape index (κ1) is 12.0. The van der Waals surface area contributed by atoms with Gasteiger partial charge in [-0.3, -0.25) is 4.98 Å². The maximum atomic E-state index is 11.8. The van der Waals surface area contributed by atoms with Crippen LogP contribution in [0, 0.1) is 0 Å². The highest BCUT2D eigenvalue weighted by Gasteiger charge is 2.27. The van der Waals surface area contributed by atoms with Crippen LogP contribution in [-0.4, -0.2) is 22.4 Å². The van der Waals surface area contributed by atoms with Crippen molar-refractivity contribution in [2.24, 2.45) is 0 Å². The predicted octanol–water partition coefficient (Wildman–Crippen LogP) is 2.33. The summed E-state index contributed by atoms with van der Waals surface area (Å²) in [6.45, 7) is 0. The molecule has 0 saturated heterocycles. The minimum Gasteiger partial charge on any atom is -0.393 e. The molecule has 0 radical (unpaired) electrons. The van der Waals surface area contributed by atoms with E-state index in [1.807, 2.05) is 0 Å². The van der Waals surface area contributed by atoms with Crippen molar-refractivity contribution in [1.29, 1.82) is 0 Å². The Hall–Kier alpha value is -1.10. The zero-order chi connectivity index (χ0) is 11.3. The normalized spacial score (nSPS) is 13.9. The van der Waals surface area contributed by atoms with Gasteiger partial charge in [0.15, 0.2) is 0 Å². The van der Waals surface area contributed by atoms with E-state index < -0.39 is 18.7 Å². The summed E-state index contributed by atoms with van der Waals surface area (Å²) in [7, 11) is 0. The Bertz CT molecular complexity index is 286. The third-order valence-electron chi connectivity index (χ3n) is 1.93. The summed E-state index contributed by atoms with van der Waals surface area (Å²) in [5.74, 6) is 0. The number of aromatic nitrogens is 1. The molecule has 1 heterocycles. The summed E-state index contributed by atoms with van der Waals surface area (Å²) in [6, 6.07) is 5.13. The van der Waals surface area contributed by atoms with E-state index >= 15 is 0 Å². The Labute approximate surface area is 85.8 Å². The fraction of sp³-hybridized carbons (Fsp3) is 0.500. The fourth-order valence-corrected chi connectivity index (χ4v) is 1.19. The van der Waals surface area contributed by atoms with Crippen molar-refractivity contribution < 1.29 is 18.3 Å². The molecule has 0 aliphatic rings. The lowest BCUT2D eigenvalue weighted by Gasteiger charge is -2.11. The van der Waals surface area contributed by atoms with Gasteiger partial charge in [-0.05, 0) is 18.6 Å². The van der Waals surface area contributed by atoms with Crippen molar-refractivity contribution >= 4 is 0 Å². The smallest absolute Gasteiger partial charge is 0.389 e. The van der Waals surface area contributed by atoms with Gasteiger partial charge >= 0.3 is 6.18 Å². The SMILES string of the molecule is OC(CCC(F)(F)F)Cc1ccccn1. The second-order valence-corrected chi connectivity index (χ2v) is 3.33. The van der Waals surface area contributed by atoms with Gasteiger partial charge in [0.2, 0.25) is 0 Å². The molecule has 5 heteroatoms. The van der Waals surface area contributed by atoms with Gasteiger partial charge < -0.3 is 5.11 Å². The topological polar surface area (TPSA) is 33.1 Å². The quantitative estimate of drug-likeness (QED) is 0.843. The van der Waals surface area contributed by atoms with E-state index in [1.165, 1.54) is 0 Å². The van der Waals surface area contributed by atoms with Crippen LogP contribution in [0.3, 0.4) is 0 Å². The first-order chi connectivity index (χ1) is 6.97. The first-order valence-corrected chi connectivity index (χ1v) is 4.62. The molecule has 0 spiro atoms. The fourth-order valence-electron chi connectivity index (χ4n) is 1.19. The number of alkyl halides is 3. The van der Waals surface area contributed by atoms with Crippen LogP contribution in [0.2, 0.25) is 0 Å². The predicted molar refractivity (Wildman–Crippen MR) is 49.2 cm³/mol. The molecule has 0 aromatic carbocycles. The summed E-state index contributed by atoms with van der Waals surface area (Å²) in [6.07, 6.45) is -4.71. The van der Waals surface area contributed by atoms with Gasteiger partial charge in [0.05, 0.1) is 6.10 Å². The molecular weight excluding hydrogens is 207 g/mol. The first-order valence-electron chi connectivity index (χ1n) is 4.62. The van der Waals surface area contributed by atoms with E-state index in [-0.39, 0.29) is 12.8 Å². The van der Waals surface area contributed by atoms with Crippen molar-refractivity contribution in [3.8, 4) is 0 Å². The number of aliphatic hydroxyl groups is 1. The second kappa shape index (κ2) is 5.11. The standard InChI is InChI=1S/C10H12F3NO/c11-10(12,13)5-4-9(15)7-8-3-1-2-6-14-8/h1-3,6,9,15H,4-5,7H2. The van der Waals surface area contributed by atoms with Gasteiger partial charge in [-0.15, -0.1) is 0 Å². The second-order valence-electron chi connectivity index (χ2n) is 3.33. The molecule has 0 amide bonds. The van der Waals surface area contributed by atoms with E-state index in [1.54, 1.807) is 24.4 Å². The highest BCUT2D eigenvalue weighted by molar-refractivity contribution is 5.04. The molecule has 15 heavy (non-hydrogen) atoms. The van der Waals surface area contributed by atoms with Gasteiger partial charge in [-0.25, -0.2) is 0 Å². The van der Waals surface area contributed by atoms with Crippen LogP contribution in [-0.2, 0) is 6.42 Å². The number of pyridine rings is 1. The highest BCUT2D eigenvalue weighted by atomic mass is 19.4. The number of rotatable bonds is 4. The molecule has 84 valence electrons. The maximum Gasteiger partial charge on any atom is 0.389 e. The monoisotopic (exact) mass is 219 g/mol. The van der Waals surface area contributed by atoms with Gasteiger partial charge in [-0.1, -0.05) is 6.07 Å². The molecule has 0 aliphatic heterocycles. The van der Waals surface area contributed by atoms with E-state index in [9.17, 15) is 18.3 Å². The number of hydrogen-bond acceptors (Lipinski definition) is 2. The number of halogens is 3. The van der Waals surface area contributed by atoms with Crippen LogP contribution < -0.4 is 0 Å². The van der Waals surface area contributed by atoms with Crippen LogP contribution >= 0.6 is 0 Å². The summed E-state index contributed by atoms with van der Waals surface area (Å²) in [5, 5.41) is 9.33. The zero-order valence-corrected chi connectivity index (χ0v) is 8.04. The molecule has 0 aliphatic carbocycles. The van der Waals surface area contributed by atoms with Gasteiger partial charge in [0.25, 0.3) is 0 Å². The van der Waals surface area contributed by atoms with Gasteiger partial charge in [0.1, 0.15) is 0 Å². The van der Waals surface area contributed by atoms with Crippen LogP contribution in [0.1, 0.15) is 18.5 Å². The van der Waals surface area contributed by atoms with E-state index in [2.05, 4.69) is 4.98 Å². The molecular formula is C10H12F3NO. The van der Waals surface area contributed by atoms with E-state index in [0.717, 1.165) is 0 Å². The van der Waals surface area contributed by atoms with Gasteiger partial charge in [-0.2, -0.15) is 13.2 Å². The molecule has 0 saturated carbocycles. The maximum absolute atomic E-state index is 11.8. The molecule has 1 unspecified atom stereocenters. The van der Waals surface area contributed by atoms with Crippen molar-refractivity contribution in [2.45, 2.75) is 31.5 Å². The lowest BCUT2D eigenvalue weighted by atomic mass is 10.1. The number of aliphatic hydroxyl groups excluding tert-OH is 1. The summed E-state index contributed by atoms with van der Waals surface area (Å²) < 4.78 is 35.5. The minimum atomic E-state index is -4.20. The van der Waals surface area contributed by atoms with Crippen molar-refractivity contribution in [3.05, 3.63) is 30.1 Å². The highest BCUT2D eigenvalue weighted by Crippen LogP contribution is 2.22. The Morgan fingerprint density at radius 2 is 2.07 bits per heavy atom. The molecule has 0 fully saturated rings. The number of nitrogens with zero attached hydrogens (tertiary/aromatic N) is 1. The molecule has 1 N–H and O–H groups in total. The average Bonchev–Trinajstić information content (AvgIpc) is 2.15. The van der Waals surface area contributed by atoms with Crippen molar-refractivity contribution in [1.82, 2.24) is 4.98 Å². The largest absolute Gasteiger partial charge is 0.393 e. The molecule has 1 atom stereocenters. The van der Waals surface area contributed by atoms with Crippen LogP contribution in [0.25, 0.3) is 0 Å². The molecule has 1 aromatic rings. The molecule has 1 rings (SSSR count).